The maximum absolute atomic E-state index is 5.97. The Morgan fingerprint density at radius 2 is 2.33 bits per heavy atom. The van der Waals surface area contributed by atoms with Crippen molar-refractivity contribution >= 4 is 27.7 Å². The number of thioether (sulfide) groups is 1. The van der Waals surface area contributed by atoms with Crippen molar-refractivity contribution in [3.63, 3.8) is 0 Å². The molecule has 0 saturated carbocycles. The average molecular weight is 244 g/mol. The van der Waals surface area contributed by atoms with Crippen LogP contribution in [0.15, 0.2) is 27.6 Å². The molecule has 64 valence electrons. The number of halogens is 1. The van der Waals surface area contributed by atoms with Crippen molar-refractivity contribution in [2.45, 2.75) is 17.4 Å². The van der Waals surface area contributed by atoms with Gasteiger partial charge in [0.05, 0.1) is 0 Å². The van der Waals surface area contributed by atoms with Gasteiger partial charge in [0, 0.05) is 15.4 Å². The van der Waals surface area contributed by atoms with E-state index in [9.17, 15) is 0 Å². The maximum Gasteiger partial charge on any atom is 0.0314 e. The summed E-state index contributed by atoms with van der Waals surface area (Å²) in [6.45, 7) is 0. The average Bonchev–Trinajstić information content (AvgIpc) is 2.04. The van der Waals surface area contributed by atoms with Gasteiger partial charge in [-0.25, -0.2) is 0 Å². The fourth-order valence-corrected chi connectivity index (χ4v) is 3.09. The molecule has 1 heterocycles. The first kappa shape index (κ1) is 8.60. The summed E-state index contributed by atoms with van der Waals surface area (Å²) in [6.07, 6.45) is 1.10. The summed E-state index contributed by atoms with van der Waals surface area (Å²) in [5.41, 5.74) is 7.27. The van der Waals surface area contributed by atoms with Crippen molar-refractivity contribution in [2.24, 2.45) is 5.73 Å². The summed E-state index contributed by atoms with van der Waals surface area (Å²) in [5.74, 6) is 1.14. The summed E-state index contributed by atoms with van der Waals surface area (Å²) in [6, 6.07) is 6.58. The fraction of sp³-hybridized carbons (Fsp3) is 0.333. The highest BCUT2D eigenvalue weighted by Gasteiger charge is 2.16. The van der Waals surface area contributed by atoms with Gasteiger partial charge >= 0.3 is 0 Å². The quantitative estimate of drug-likeness (QED) is 0.759. The van der Waals surface area contributed by atoms with Crippen LogP contribution in [0.2, 0.25) is 0 Å². The van der Waals surface area contributed by atoms with E-state index in [1.54, 1.807) is 0 Å². The molecule has 3 heteroatoms. The number of rotatable bonds is 0. The zero-order valence-corrected chi connectivity index (χ0v) is 8.99. The summed E-state index contributed by atoms with van der Waals surface area (Å²) < 4.78 is 1.14. The Labute approximate surface area is 84.9 Å². The Kier molecular flexibility index (Phi) is 2.44. The minimum Gasteiger partial charge on any atom is -0.324 e. The van der Waals surface area contributed by atoms with Crippen molar-refractivity contribution in [2.75, 3.05) is 5.75 Å². The van der Waals surface area contributed by atoms with E-state index in [1.165, 1.54) is 10.5 Å². The van der Waals surface area contributed by atoms with Crippen molar-refractivity contribution in [3.05, 3.63) is 28.2 Å². The fourth-order valence-electron chi connectivity index (χ4n) is 1.39. The second kappa shape index (κ2) is 3.40. The van der Waals surface area contributed by atoms with E-state index in [2.05, 4.69) is 34.1 Å². The molecule has 2 N–H and O–H groups in total. The predicted molar refractivity (Wildman–Crippen MR) is 56.4 cm³/mol. The lowest BCUT2D eigenvalue weighted by Gasteiger charge is -2.21. The lowest BCUT2D eigenvalue weighted by Crippen LogP contribution is -2.15. The Morgan fingerprint density at radius 1 is 1.50 bits per heavy atom. The molecule has 0 aliphatic carbocycles. The molecule has 1 atom stereocenters. The maximum atomic E-state index is 5.97. The zero-order chi connectivity index (χ0) is 8.55. The smallest absolute Gasteiger partial charge is 0.0314 e. The van der Waals surface area contributed by atoms with Crippen LogP contribution in [0.5, 0.6) is 0 Å². The Bertz CT molecular complexity index is 301. The molecule has 0 fully saturated rings. The molecule has 2 rings (SSSR count). The van der Waals surface area contributed by atoms with E-state index < -0.39 is 0 Å². The van der Waals surface area contributed by atoms with Gasteiger partial charge in [0.1, 0.15) is 0 Å². The molecule has 1 nitrogen and oxygen atoms in total. The molecule has 0 spiro atoms. The summed E-state index contributed by atoms with van der Waals surface area (Å²) in [5, 5.41) is 0. The molecule has 0 bridgehead atoms. The molecule has 1 aliphatic heterocycles. The number of nitrogens with two attached hydrogens (primary N) is 1. The van der Waals surface area contributed by atoms with Crippen LogP contribution < -0.4 is 5.73 Å². The first-order valence-corrected chi connectivity index (χ1v) is 5.73. The molecule has 1 aliphatic rings. The number of hydrogen-bond acceptors (Lipinski definition) is 2. The minimum atomic E-state index is 0.245. The van der Waals surface area contributed by atoms with Gasteiger partial charge in [-0.1, -0.05) is 22.0 Å². The van der Waals surface area contributed by atoms with Gasteiger partial charge in [-0.15, -0.1) is 11.8 Å². The van der Waals surface area contributed by atoms with E-state index in [-0.39, 0.29) is 6.04 Å². The monoisotopic (exact) mass is 243 g/mol. The van der Waals surface area contributed by atoms with Gasteiger partial charge < -0.3 is 5.73 Å². The van der Waals surface area contributed by atoms with Crippen LogP contribution in [0.4, 0.5) is 0 Å². The van der Waals surface area contributed by atoms with Gasteiger partial charge in [0.2, 0.25) is 0 Å². The van der Waals surface area contributed by atoms with E-state index in [1.807, 2.05) is 11.8 Å². The van der Waals surface area contributed by atoms with Gasteiger partial charge in [-0.3, -0.25) is 0 Å². The van der Waals surface area contributed by atoms with Gasteiger partial charge in [0.25, 0.3) is 0 Å². The van der Waals surface area contributed by atoms with Gasteiger partial charge in [-0.2, -0.15) is 0 Å². The van der Waals surface area contributed by atoms with E-state index >= 15 is 0 Å². The van der Waals surface area contributed by atoms with Crippen molar-refractivity contribution in [3.8, 4) is 0 Å². The highest BCUT2D eigenvalue weighted by atomic mass is 79.9. The molecular weight excluding hydrogens is 234 g/mol. The minimum absolute atomic E-state index is 0.245. The lowest BCUT2D eigenvalue weighted by molar-refractivity contribution is 0.680. The van der Waals surface area contributed by atoms with Gasteiger partial charge in [-0.05, 0) is 29.9 Å². The second-order valence-corrected chi connectivity index (χ2v) is 4.98. The molecule has 1 aromatic carbocycles. The van der Waals surface area contributed by atoms with Crippen molar-refractivity contribution < 1.29 is 0 Å². The standard InChI is InChI=1S/C9H10BrNS/c10-6-1-2-7-8(11)3-4-12-9(7)5-6/h1-2,5,8H,3-4,11H2. The van der Waals surface area contributed by atoms with Crippen LogP contribution in [-0.2, 0) is 0 Å². The highest BCUT2D eigenvalue weighted by molar-refractivity contribution is 9.10. The third-order valence-electron chi connectivity index (χ3n) is 2.06. The lowest BCUT2D eigenvalue weighted by atomic mass is 10.1. The van der Waals surface area contributed by atoms with E-state index in [0.717, 1.165) is 16.6 Å². The predicted octanol–water partition coefficient (Wildman–Crippen LogP) is 2.94. The molecule has 0 aromatic heterocycles. The third kappa shape index (κ3) is 1.53. The Balaban J connectivity index is 2.46. The first-order valence-electron chi connectivity index (χ1n) is 3.95. The summed E-state index contributed by atoms with van der Waals surface area (Å²) in [7, 11) is 0. The molecule has 12 heavy (non-hydrogen) atoms. The second-order valence-electron chi connectivity index (χ2n) is 2.93. The molecular formula is C9H10BrNS. The Morgan fingerprint density at radius 3 is 3.17 bits per heavy atom. The number of hydrogen-bond donors (Lipinski definition) is 1. The number of fused-ring (bicyclic) bond motifs is 1. The summed E-state index contributed by atoms with van der Waals surface area (Å²) in [4.78, 5) is 1.34. The molecule has 0 radical (unpaired) electrons. The highest BCUT2D eigenvalue weighted by Crippen LogP contribution is 2.36. The first-order chi connectivity index (χ1) is 5.77. The van der Waals surface area contributed by atoms with Crippen LogP contribution in [0.1, 0.15) is 18.0 Å². The normalized spacial score (nSPS) is 22.0. The largest absolute Gasteiger partial charge is 0.324 e. The zero-order valence-electron chi connectivity index (χ0n) is 6.59. The van der Waals surface area contributed by atoms with E-state index in [0.29, 0.717) is 0 Å². The molecule has 0 amide bonds. The van der Waals surface area contributed by atoms with Gasteiger partial charge in [0.15, 0.2) is 0 Å². The topological polar surface area (TPSA) is 26.0 Å². The van der Waals surface area contributed by atoms with Crippen LogP contribution in [-0.4, -0.2) is 5.75 Å². The molecule has 1 unspecified atom stereocenters. The molecule has 0 saturated heterocycles. The summed E-state index contributed by atoms with van der Waals surface area (Å²) >= 11 is 5.35. The van der Waals surface area contributed by atoms with Crippen LogP contribution in [0.25, 0.3) is 0 Å². The number of benzene rings is 1. The third-order valence-corrected chi connectivity index (χ3v) is 3.66. The Hall–Kier alpha value is 0.01000. The van der Waals surface area contributed by atoms with Crippen LogP contribution in [0.3, 0.4) is 0 Å². The van der Waals surface area contributed by atoms with E-state index in [4.69, 9.17) is 5.73 Å². The molecule has 1 aromatic rings. The van der Waals surface area contributed by atoms with Crippen molar-refractivity contribution in [1.29, 1.82) is 0 Å². The van der Waals surface area contributed by atoms with Crippen molar-refractivity contribution in [1.82, 2.24) is 0 Å². The van der Waals surface area contributed by atoms with Crippen LogP contribution >= 0.6 is 27.7 Å². The SMILES string of the molecule is NC1CCSc2cc(Br)ccc21. The van der Waals surface area contributed by atoms with Crippen LogP contribution in [0, 0.1) is 0 Å².